The monoisotopic (exact) mass is 348 g/mol. The number of nitrogens with two attached hydrogens (primary N) is 1. The maximum Gasteiger partial charge on any atom is 0.196 e. The van der Waals surface area contributed by atoms with Crippen LogP contribution in [-0.4, -0.2) is 19.0 Å². The summed E-state index contributed by atoms with van der Waals surface area (Å²) in [6, 6.07) is 8.85. The highest BCUT2D eigenvalue weighted by atomic mass is 16.3. The van der Waals surface area contributed by atoms with Crippen LogP contribution in [0.5, 0.6) is 0 Å². The number of anilines is 1. The molecule has 26 heavy (non-hydrogen) atoms. The zero-order valence-electron chi connectivity index (χ0n) is 15.2. The number of aliphatic imine (C=N–C) groups is 1. The smallest absolute Gasteiger partial charge is 0.196 e. The number of nitrogen functional groups attached to an aromatic ring is 1. The van der Waals surface area contributed by atoms with Gasteiger partial charge in [0.1, 0.15) is 11.3 Å². The highest BCUT2D eigenvalue weighted by Gasteiger charge is 2.18. The molecule has 1 heterocycles. The number of hydrogen-bond acceptors (Lipinski definition) is 5. The van der Waals surface area contributed by atoms with Crippen molar-refractivity contribution in [1.29, 1.82) is 0 Å². The number of Topliss-reactive ketones (excluding diaryl/α,β-unsaturated/α-hetero) is 1. The Kier molecular flexibility index (Phi) is 4.47. The second-order valence-electron chi connectivity index (χ2n) is 6.36. The molecule has 3 rings (SSSR count). The van der Waals surface area contributed by atoms with E-state index in [9.17, 15) is 9.59 Å². The minimum atomic E-state index is -0.146. The summed E-state index contributed by atoms with van der Waals surface area (Å²) < 4.78 is 6.07. The molecule has 0 aliphatic rings. The van der Waals surface area contributed by atoms with Crippen LogP contribution >= 0.6 is 0 Å². The van der Waals surface area contributed by atoms with Crippen molar-refractivity contribution < 1.29 is 9.21 Å². The Bertz CT molecular complexity index is 1120. The number of hydrogen-bond donors (Lipinski definition) is 1. The van der Waals surface area contributed by atoms with Gasteiger partial charge in [0.2, 0.25) is 0 Å². The molecule has 0 radical (unpaired) electrons. The summed E-state index contributed by atoms with van der Waals surface area (Å²) in [7, 11) is 1.66. The molecule has 0 spiro atoms. The summed E-state index contributed by atoms with van der Waals surface area (Å²) in [6.45, 7) is 5.04. The maximum atomic E-state index is 12.9. The van der Waals surface area contributed by atoms with Crippen molar-refractivity contribution in [2.75, 3.05) is 12.8 Å². The topological polar surface area (TPSA) is 85.7 Å². The predicted octanol–water partition coefficient (Wildman–Crippen LogP) is 3.91. The molecule has 1 aromatic heterocycles. The fourth-order valence-corrected chi connectivity index (χ4v) is 3.04. The van der Waals surface area contributed by atoms with Crippen LogP contribution in [0.4, 0.5) is 5.69 Å². The van der Waals surface area contributed by atoms with Gasteiger partial charge in [-0.1, -0.05) is 0 Å². The molecule has 0 unspecified atom stereocenters. The molecule has 0 aliphatic heterocycles. The number of benzene rings is 2. The molecule has 0 amide bonds. The third kappa shape index (κ3) is 2.92. The Labute approximate surface area is 151 Å². The zero-order chi connectivity index (χ0) is 19.0. The molecule has 0 bridgehead atoms. The Hall–Kier alpha value is -3.21. The quantitative estimate of drug-likeness (QED) is 0.442. The first-order chi connectivity index (χ1) is 12.3. The number of ketones is 1. The highest BCUT2D eigenvalue weighted by Crippen LogP contribution is 2.30. The van der Waals surface area contributed by atoms with Crippen LogP contribution in [0.25, 0.3) is 22.3 Å². The van der Waals surface area contributed by atoms with Gasteiger partial charge in [0.05, 0.1) is 10.9 Å². The first-order valence-corrected chi connectivity index (χ1v) is 8.24. The SMILES string of the molecule is CN=Cc1cc(-c2oc3c(C(C)=O)cc(C)cc3c(=O)c2C)ccc1N. The third-order valence-electron chi connectivity index (χ3n) is 4.36. The number of nitrogens with zero attached hydrogens (tertiary/aromatic N) is 1. The Morgan fingerprint density at radius 1 is 1.19 bits per heavy atom. The van der Waals surface area contributed by atoms with Gasteiger partial charge in [-0.25, -0.2) is 0 Å². The molecule has 0 atom stereocenters. The molecule has 0 saturated carbocycles. The van der Waals surface area contributed by atoms with E-state index < -0.39 is 0 Å². The molecule has 5 heteroatoms. The third-order valence-corrected chi connectivity index (χ3v) is 4.36. The Morgan fingerprint density at radius 3 is 2.58 bits per heavy atom. The first kappa shape index (κ1) is 17.6. The van der Waals surface area contributed by atoms with E-state index in [1.165, 1.54) is 6.92 Å². The van der Waals surface area contributed by atoms with Gasteiger partial charge in [0, 0.05) is 35.6 Å². The van der Waals surface area contributed by atoms with Crippen molar-refractivity contribution in [1.82, 2.24) is 0 Å². The van der Waals surface area contributed by atoms with Gasteiger partial charge in [-0.3, -0.25) is 14.6 Å². The molecule has 0 saturated heterocycles. The van der Waals surface area contributed by atoms with Crippen LogP contribution in [0.2, 0.25) is 0 Å². The van der Waals surface area contributed by atoms with Crippen molar-refractivity contribution in [2.45, 2.75) is 20.8 Å². The van der Waals surface area contributed by atoms with Crippen molar-refractivity contribution in [2.24, 2.45) is 4.99 Å². The van der Waals surface area contributed by atoms with E-state index in [-0.39, 0.29) is 11.2 Å². The van der Waals surface area contributed by atoms with E-state index >= 15 is 0 Å². The van der Waals surface area contributed by atoms with Gasteiger partial charge in [0.15, 0.2) is 11.2 Å². The van der Waals surface area contributed by atoms with E-state index in [1.54, 1.807) is 44.5 Å². The minimum Gasteiger partial charge on any atom is -0.455 e. The van der Waals surface area contributed by atoms with E-state index in [1.807, 2.05) is 13.0 Å². The van der Waals surface area contributed by atoms with Crippen molar-refractivity contribution in [3.63, 3.8) is 0 Å². The number of rotatable bonds is 3. The summed E-state index contributed by atoms with van der Waals surface area (Å²) >= 11 is 0. The van der Waals surface area contributed by atoms with Gasteiger partial charge in [-0.2, -0.15) is 0 Å². The number of aryl methyl sites for hydroxylation is 1. The van der Waals surface area contributed by atoms with E-state index in [0.29, 0.717) is 39.1 Å². The van der Waals surface area contributed by atoms with Gasteiger partial charge >= 0.3 is 0 Å². The Balaban J connectivity index is 2.38. The lowest BCUT2D eigenvalue weighted by atomic mass is 9.99. The second kappa shape index (κ2) is 6.59. The number of fused-ring (bicyclic) bond motifs is 1. The summed E-state index contributed by atoms with van der Waals surface area (Å²) in [4.78, 5) is 28.9. The lowest BCUT2D eigenvalue weighted by Gasteiger charge is -2.11. The molecular weight excluding hydrogens is 328 g/mol. The van der Waals surface area contributed by atoms with Crippen LogP contribution in [-0.2, 0) is 0 Å². The van der Waals surface area contributed by atoms with Crippen LogP contribution in [0.3, 0.4) is 0 Å². The summed E-state index contributed by atoms with van der Waals surface area (Å²) in [5, 5.41) is 0.419. The van der Waals surface area contributed by atoms with Crippen molar-refractivity contribution in [3.8, 4) is 11.3 Å². The lowest BCUT2D eigenvalue weighted by molar-refractivity contribution is 0.101. The molecule has 0 aliphatic carbocycles. The van der Waals surface area contributed by atoms with Gasteiger partial charge < -0.3 is 10.2 Å². The maximum absolute atomic E-state index is 12.9. The average molecular weight is 348 g/mol. The highest BCUT2D eigenvalue weighted by molar-refractivity contribution is 6.05. The second-order valence-corrected chi connectivity index (χ2v) is 6.36. The van der Waals surface area contributed by atoms with Gasteiger partial charge in [-0.15, -0.1) is 0 Å². The average Bonchev–Trinajstić information content (AvgIpc) is 2.60. The van der Waals surface area contributed by atoms with E-state index in [2.05, 4.69) is 4.99 Å². The van der Waals surface area contributed by atoms with Crippen LogP contribution < -0.4 is 11.2 Å². The normalized spacial score (nSPS) is 11.4. The Morgan fingerprint density at radius 2 is 1.92 bits per heavy atom. The fourth-order valence-electron chi connectivity index (χ4n) is 3.04. The zero-order valence-corrected chi connectivity index (χ0v) is 15.2. The summed E-state index contributed by atoms with van der Waals surface area (Å²) in [5.41, 5.74) is 9.91. The van der Waals surface area contributed by atoms with Crippen molar-refractivity contribution in [3.05, 3.63) is 62.8 Å². The molecule has 5 nitrogen and oxygen atoms in total. The summed E-state index contributed by atoms with van der Waals surface area (Å²) in [5.74, 6) is 0.285. The predicted molar refractivity (Wildman–Crippen MR) is 105 cm³/mol. The van der Waals surface area contributed by atoms with Crippen LogP contribution in [0.15, 0.2) is 44.5 Å². The summed E-state index contributed by atoms with van der Waals surface area (Å²) in [6.07, 6.45) is 1.65. The molecular formula is C21H20N2O3. The molecule has 3 aromatic rings. The van der Waals surface area contributed by atoms with E-state index in [0.717, 1.165) is 11.1 Å². The number of carbonyl (C=O) groups excluding carboxylic acids is 1. The van der Waals surface area contributed by atoms with E-state index in [4.69, 9.17) is 10.2 Å². The molecule has 0 fully saturated rings. The van der Waals surface area contributed by atoms with Crippen LogP contribution in [0, 0.1) is 13.8 Å². The molecule has 132 valence electrons. The molecule has 2 N–H and O–H groups in total. The minimum absolute atomic E-state index is 0.144. The fraction of sp³-hybridized carbons (Fsp3) is 0.190. The largest absolute Gasteiger partial charge is 0.455 e. The van der Waals surface area contributed by atoms with Crippen LogP contribution in [0.1, 0.15) is 34.0 Å². The number of carbonyl (C=O) groups is 1. The first-order valence-electron chi connectivity index (χ1n) is 8.24. The molecule has 2 aromatic carbocycles. The van der Waals surface area contributed by atoms with Gasteiger partial charge in [-0.05, 0) is 56.7 Å². The van der Waals surface area contributed by atoms with Crippen molar-refractivity contribution >= 4 is 28.7 Å². The lowest BCUT2D eigenvalue weighted by Crippen LogP contribution is -2.10. The standard InChI is InChI=1S/C21H20N2O3/c1-11-7-16(13(3)24)21-17(8-11)19(25)12(2)20(26-21)14-5-6-18(22)15(9-14)10-23-4/h5-10H,22H2,1-4H3. The van der Waals surface area contributed by atoms with Gasteiger partial charge in [0.25, 0.3) is 0 Å².